The molecule has 0 saturated carbocycles. The van der Waals surface area contributed by atoms with Gasteiger partial charge in [0.05, 0.1) is 24.0 Å². The molecule has 2 aromatic rings. The highest BCUT2D eigenvalue weighted by Crippen LogP contribution is 2.13. The third-order valence-corrected chi connectivity index (χ3v) is 5.83. The first kappa shape index (κ1) is 19.6. The molecule has 0 radical (unpaired) electrons. The van der Waals surface area contributed by atoms with E-state index in [1.54, 1.807) is 17.1 Å². The van der Waals surface area contributed by atoms with Crippen LogP contribution in [-0.4, -0.2) is 82.1 Å². The van der Waals surface area contributed by atoms with Crippen LogP contribution in [0.1, 0.15) is 36.0 Å². The van der Waals surface area contributed by atoms with Gasteiger partial charge < -0.3 is 9.80 Å². The van der Waals surface area contributed by atoms with Crippen molar-refractivity contribution in [3.8, 4) is 5.69 Å². The van der Waals surface area contributed by atoms with Crippen molar-refractivity contribution in [1.82, 2.24) is 24.5 Å². The van der Waals surface area contributed by atoms with E-state index in [1.807, 2.05) is 40.1 Å². The Morgan fingerprint density at radius 3 is 2.21 bits per heavy atom. The third-order valence-electron chi connectivity index (χ3n) is 5.83. The Morgan fingerprint density at radius 1 is 0.828 bits per heavy atom. The van der Waals surface area contributed by atoms with Crippen LogP contribution < -0.4 is 0 Å². The first-order valence-electron chi connectivity index (χ1n) is 10.6. The lowest BCUT2D eigenvalue weighted by Gasteiger charge is -2.35. The molecule has 2 fully saturated rings. The smallest absolute Gasteiger partial charge is 0.257 e. The van der Waals surface area contributed by atoms with Crippen LogP contribution in [-0.2, 0) is 4.79 Å². The molecule has 7 heteroatoms. The number of piperazine rings is 1. The summed E-state index contributed by atoms with van der Waals surface area (Å²) in [5.74, 6) is 0.237. The summed E-state index contributed by atoms with van der Waals surface area (Å²) in [6.07, 6.45) is 8.10. The number of likely N-dealkylation sites (tertiary alicyclic amines) is 1. The van der Waals surface area contributed by atoms with E-state index in [9.17, 15) is 9.59 Å². The number of amides is 2. The number of nitrogens with zero attached hydrogens (tertiary/aromatic N) is 5. The van der Waals surface area contributed by atoms with E-state index in [-0.39, 0.29) is 11.8 Å². The maximum atomic E-state index is 12.8. The van der Waals surface area contributed by atoms with Crippen LogP contribution in [0.4, 0.5) is 0 Å². The first-order chi connectivity index (χ1) is 14.2. The van der Waals surface area contributed by atoms with Gasteiger partial charge in [0.1, 0.15) is 0 Å². The summed E-state index contributed by atoms with van der Waals surface area (Å²) in [4.78, 5) is 31.5. The van der Waals surface area contributed by atoms with E-state index in [2.05, 4.69) is 10.00 Å². The van der Waals surface area contributed by atoms with Crippen LogP contribution in [0.25, 0.3) is 5.69 Å². The molecule has 2 amide bonds. The number of benzene rings is 1. The summed E-state index contributed by atoms with van der Waals surface area (Å²) in [6, 6.07) is 9.77. The van der Waals surface area contributed by atoms with Crippen LogP contribution in [0.2, 0.25) is 0 Å². The van der Waals surface area contributed by atoms with Crippen molar-refractivity contribution >= 4 is 11.8 Å². The zero-order valence-corrected chi connectivity index (χ0v) is 16.9. The Labute approximate surface area is 171 Å². The number of hydrogen-bond donors (Lipinski definition) is 0. The second kappa shape index (κ2) is 9.22. The summed E-state index contributed by atoms with van der Waals surface area (Å²) in [6.45, 7) is 5.00. The second-order valence-electron chi connectivity index (χ2n) is 7.87. The van der Waals surface area contributed by atoms with Gasteiger partial charge in [-0.05, 0) is 25.0 Å². The minimum atomic E-state index is 0.00526. The van der Waals surface area contributed by atoms with Gasteiger partial charge in [0.2, 0.25) is 5.91 Å². The van der Waals surface area contributed by atoms with Gasteiger partial charge in [-0.15, -0.1) is 0 Å². The zero-order valence-electron chi connectivity index (χ0n) is 16.9. The first-order valence-corrected chi connectivity index (χ1v) is 10.6. The maximum Gasteiger partial charge on any atom is 0.257 e. The van der Waals surface area contributed by atoms with E-state index in [0.29, 0.717) is 25.2 Å². The Hall–Kier alpha value is -2.67. The number of aromatic nitrogens is 2. The van der Waals surface area contributed by atoms with Crippen LogP contribution in [0.3, 0.4) is 0 Å². The largest absolute Gasteiger partial charge is 0.342 e. The van der Waals surface area contributed by atoms with Crippen molar-refractivity contribution in [2.75, 3.05) is 45.8 Å². The minimum Gasteiger partial charge on any atom is -0.342 e. The molecule has 0 bridgehead atoms. The monoisotopic (exact) mass is 395 g/mol. The highest BCUT2D eigenvalue weighted by Gasteiger charge is 2.25. The van der Waals surface area contributed by atoms with Gasteiger partial charge in [0.15, 0.2) is 0 Å². The molecule has 154 valence electrons. The molecule has 2 saturated heterocycles. The van der Waals surface area contributed by atoms with Crippen molar-refractivity contribution in [2.45, 2.75) is 25.7 Å². The highest BCUT2D eigenvalue weighted by atomic mass is 16.2. The zero-order chi connectivity index (χ0) is 20.1. The van der Waals surface area contributed by atoms with Crippen molar-refractivity contribution in [3.63, 3.8) is 0 Å². The van der Waals surface area contributed by atoms with E-state index in [1.165, 1.54) is 12.8 Å². The lowest BCUT2D eigenvalue weighted by molar-refractivity contribution is -0.132. The van der Waals surface area contributed by atoms with Gasteiger partial charge in [0, 0.05) is 45.5 Å². The summed E-state index contributed by atoms with van der Waals surface area (Å²) in [5.41, 5.74) is 1.53. The molecule has 0 spiro atoms. The van der Waals surface area contributed by atoms with Gasteiger partial charge in [0.25, 0.3) is 5.91 Å². The molecule has 2 aliphatic rings. The third kappa shape index (κ3) is 4.85. The average molecular weight is 396 g/mol. The molecule has 2 aliphatic heterocycles. The summed E-state index contributed by atoms with van der Waals surface area (Å²) in [5, 5.41) is 4.32. The topological polar surface area (TPSA) is 61.7 Å². The van der Waals surface area contributed by atoms with Gasteiger partial charge in [-0.3, -0.25) is 14.5 Å². The van der Waals surface area contributed by atoms with Crippen molar-refractivity contribution in [1.29, 1.82) is 0 Å². The quantitative estimate of drug-likeness (QED) is 0.795. The lowest BCUT2D eigenvalue weighted by Crippen LogP contribution is -2.51. The fourth-order valence-electron chi connectivity index (χ4n) is 4.06. The number of para-hydroxylation sites is 1. The normalized spacial score (nSPS) is 18.5. The molecule has 0 atom stereocenters. The predicted octanol–water partition coefficient (Wildman–Crippen LogP) is 2.03. The highest BCUT2D eigenvalue weighted by molar-refractivity contribution is 5.94. The summed E-state index contributed by atoms with van der Waals surface area (Å²) in [7, 11) is 0. The van der Waals surface area contributed by atoms with Gasteiger partial charge >= 0.3 is 0 Å². The Morgan fingerprint density at radius 2 is 1.52 bits per heavy atom. The van der Waals surface area contributed by atoms with Crippen LogP contribution in [0, 0.1) is 0 Å². The number of hydrogen-bond acceptors (Lipinski definition) is 4. The Balaban J connectivity index is 1.28. The van der Waals surface area contributed by atoms with Crippen molar-refractivity contribution in [3.05, 3.63) is 48.3 Å². The van der Waals surface area contributed by atoms with Gasteiger partial charge in [-0.2, -0.15) is 5.10 Å². The molecule has 0 N–H and O–H groups in total. The molecule has 1 aromatic carbocycles. The van der Waals surface area contributed by atoms with Gasteiger partial charge in [-0.1, -0.05) is 31.0 Å². The molecular weight excluding hydrogens is 366 g/mol. The Kier molecular flexibility index (Phi) is 6.24. The molecule has 4 rings (SSSR count). The number of carbonyl (C=O) groups is 2. The van der Waals surface area contributed by atoms with Gasteiger partial charge in [-0.25, -0.2) is 4.68 Å². The van der Waals surface area contributed by atoms with E-state index >= 15 is 0 Å². The fraction of sp³-hybridized carbons (Fsp3) is 0.500. The standard InChI is InChI=1S/C22H29N5O2/c28-21(25-10-6-1-2-7-11-25)18-24-12-14-26(15-13-24)22(29)19-16-23-27(17-19)20-8-4-3-5-9-20/h3-5,8-9,16-17H,1-2,6-7,10-15,18H2. The van der Waals surface area contributed by atoms with Crippen molar-refractivity contribution < 1.29 is 9.59 Å². The predicted molar refractivity (Wildman–Crippen MR) is 111 cm³/mol. The van der Waals surface area contributed by atoms with E-state index in [4.69, 9.17) is 0 Å². The van der Waals surface area contributed by atoms with Crippen LogP contribution in [0.5, 0.6) is 0 Å². The molecular formula is C22H29N5O2. The van der Waals surface area contributed by atoms with Crippen LogP contribution >= 0.6 is 0 Å². The van der Waals surface area contributed by atoms with Crippen molar-refractivity contribution in [2.24, 2.45) is 0 Å². The maximum absolute atomic E-state index is 12.8. The van der Waals surface area contributed by atoms with E-state index in [0.717, 1.165) is 44.7 Å². The number of rotatable bonds is 4. The Bertz CT molecular complexity index is 819. The molecule has 29 heavy (non-hydrogen) atoms. The summed E-state index contributed by atoms with van der Waals surface area (Å²) >= 11 is 0. The molecule has 1 aromatic heterocycles. The average Bonchev–Trinajstić information content (AvgIpc) is 3.09. The fourth-order valence-corrected chi connectivity index (χ4v) is 4.06. The van der Waals surface area contributed by atoms with Crippen LogP contribution in [0.15, 0.2) is 42.7 Å². The second-order valence-corrected chi connectivity index (χ2v) is 7.87. The molecule has 0 aliphatic carbocycles. The number of carbonyl (C=O) groups excluding carboxylic acids is 2. The molecule has 0 unspecified atom stereocenters. The molecule has 7 nitrogen and oxygen atoms in total. The summed E-state index contributed by atoms with van der Waals surface area (Å²) < 4.78 is 1.73. The minimum absolute atomic E-state index is 0.00526. The lowest BCUT2D eigenvalue weighted by atomic mass is 10.2. The SMILES string of the molecule is O=C(CN1CCN(C(=O)c2cnn(-c3ccccc3)c2)CC1)N1CCCCCC1. The van der Waals surface area contributed by atoms with E-state index < -0.39 is 0 Å². The molecule has 3 heterocycles.